The first-order valence-corrected chi connectivity index (χ1v) is 16.1. The molecule has 46 heavy (non-hydrogen) atoms. The number of hydrogen-bond acceptors (Lipinski definition) is 9. The van der Waals surface area contributed by atoms with E-state index < -0.39 is 11.5 Å². The smallest absolute Gasteiger partial charge is 0.354 e. The molecule has 0 unspecified atom stereocenters. The fourth-order valence-corrected chi connectivity index (χ4v) is 5.77. The Bertz CT molecular complexity index is 1820. The highest BCUT2D eigenvalue weighted by atomic mass is 35.5. The van der Waals surface area contributed by atoms with E-state index in [1.807, 2.05) is 31.2 Å². The van der Waals surface area contributed by atoms with E-state index in [0.29, 0.717) is 47.6 Å². The summed E-state index contributed by atoms with van der Waals surface area (Å²) in [5, 5.41) is 18.5. The third kappa shape index (κ3) is 8.66. The molecular formula is C31H37ClFN11OS. The number of rotatable bonds is 15. The maximum Gasteiger partial charge on any atom is 0.354 e. The summed E-state index contributed by atoms with van der Waals surface area (Å²) in [5.74, 6) is -0.600. The van der Waals surface area contributed by atoms with Gasteiger partial charge in [-0.15, -0.1) is 0 Å². The number of guanidine groups is 1. The molecule has 0 spiro atoms. The topological polar surface area (TPSA) is 188 Å². The van der Waals surface area contributed by atoms with Crippen LogP contribution in [0, 0.1) is 11.2 Å². The van der Waals surface area contributed by atoms with Gasteiger partial charge < -0.3 is 32.4 Å². The highest BCUT2D eigenvalue weighted by Gasteiger charge is 2.16. The van der Waals surface area contributed by atoms with Crippen molar-refractivity contribution in [2.75, 3.05) is 18.4 Å². The molecule has 2 atom stereocenters. The zero-order valence-corrected chi connectivity index (χ0v) is 26.9. The Labute approximate surface area is 274 Å². The van der Waals surface area contributed by atoms with E-state index in [2.05, 4.69) is 35.3 Å². The molecule has 5 rings (SSSR count). The molecule has 15 heteroatoms. The third-order valence-electron chi connectivity index (χ3n) is 7.49. The van der Waals surface area contributed by atoms with Gasteiger partial charge in [0, 0.05) is 60.4 Å². The van der Waals surface area contributed by atoms with Gasteiger partial charge in [-0.25, -0.2) is 14.2 Å². The van der Waals surface area contributed by atoms with Crippen molar-refractivity contribution in [2.24, 2.45) is 11.5 Å². The van der Waals surface area contributed by atoms with Crippen LogP contribution in [0.4, 0.5) is 9.52 Å². The third-order valence-corrected chi connectivity index (χ3v) is 8.39. The van der Waals surface area contributed by atoms with Gasteiger partial charge in [0.15, 0.2) is 11.8 Å². The average Bonchev–Trinajstić information content (AvgIpc) is 3.69. The predicted molar refractivity (Wildman–Crippen MR) is 182 cm³/mol. The zero-order chi connectivity index (χ0) is 32.6. The number of nitrogens with two attached hydrogens (primary N) is 2. The molecule has 0 saturated heterocycles. The number of benzene rings is 2. The van der Waals surface area contributed by atoms with Crippen molar-refractivity contribution in [2.45, 2.75) is 51.2 Å². The Balaban J connectivity index is 1.29. The van der Waals surface area contributed by atoms with Crippen LogP contribution in [0.1, 0.15) is 37.3 Å². The van der Waals surface area contributed by atoms with Gasteiger partial charge in [0.25, 0.3) is 0 Å². The van der Waals surface area contributed by atoms with Crippen LogP contribution >= 0.6 is 23.1 Å². The van der Waals surface area contributed by atoms with Crippen LogP contribution in [0.15, 0.2) is 59.8 Å². The Kier molecular flexibility index (Phi) is 11.0. The molecule has 0 radical (unpaired) electrons. The summed E-state index contributed by atoms with van der Waals surface area (Å²) < 4.78 is 20.6. The minimum absolute atomic E-state index is 0.0428. The summed E-state index contributed by atoms with van der Waals surface area (Å²) in [5.41, 5.74) is 14.6. The fraction of sp³-hybridized carbons (Fsp3) is 0.323. The van der Waals surface area contributed by atoms with Gasteiger partial charge in [0.05, 0.1) is 16.4 Å². The number of anilines is 1. The highest BCUT2D eigenvalue weighted by molar-refractivity contribution is 7.09. The second-order valence-corrected chi connectivity index (χ2v) is 12.4. The van der Waals surface area contributed by atoms with Crippen molar-refractivity contribution in [3.8, 4) is 16.9 Å². The fourth-order valence-electron chi connectivity index (χ4n) is 5.09. The summed E-state index contributed by atoms with van der Waals surface area (Å²) in [6.45, 7) is 3.69. The van der Waals surface area contributed by atoms with Crippen LogP contribution in [0.2, 0.25) is 5.02 Å². The molecule has 3 aromatic heterocycles. The summed E-state index contributed by atoms with van der Waals surface area (Å²) in [6.07, 6.45) is 6.36. The number of hydrogen-bond donors (Lipinski definition) is 7. The van der Waals surface area contributed by atoms with Crippen LogP contribution in [0.25, 0.3) is 28.0 Å². The Morgan fingerprint density at radius 2 is 2.00 bits per heavy atom. The Morgan fingerprint density at radius 3 is 2.72 bits per heavy atom. The lowest BCUT2D eigenvalue weighted by Gasteiger charge is -2.19. The monoisotopic (exact) mass is 665 g/mol. The van der Waals surface area contributed by atoms with Gasteiger partial charge in [0.1, 0.15) is 12.0 Å². The number of aryl methyl sites for hydroxylation is 1. The molecule has 2 aromatic carbocycles. The second-order valence-electron chi connectivity index (χ2n) is 11.2. The number of H-pyrrole nitrogens is 1. The predicted octanol–water partition coefficient (Wildman–Crippen LogP) is 4.14. The largest absolute Gasteiger partial charge is 0.370 e. The van der Waals surface area contributed by atoms with Crippen LogP contribution in [0.5, 0.6) is 0 Å². The van der Waals surface area contributed by atoms with Gasteiger partial charge in [-0.1, -0.05) is 23.7 Å². The average molecular weight is 666 g/mol. The van der Waals surface area contributed by atoms with Gasteiger partial charge in [-0.3, -0.25) is 9.98 Å². The van der Waals surface area contributed by atoms with Crippen LogP contribution in [-0.4, -0.2) is 55.0 Å². The van der Waals surface area contributed by atoms with Crippen LogP contribution in [-0.2, 0) is 13.0 Å². The van der Waals surface area contributed by atoms with E-state index in [9.17, 15) is 4.79 Å². The number of aromatic nitrogens is 5. The minimum Gasteiger partial charge on any atom is -0.370 e. The highest BCUT2D eigenvalue weighted by Crippen LogP contribution is 2.31. The molecule has 0 aliphatic rings. The number of nitrogens with zero attached hydrogens (tertiary/aromatic N) is 4. The van der Waals surface area contributed by atoms with E-state index in [1.54, 1.807) is 24.4 Å². The van der Waals surface area contributed by atoms with Gasteiger partial charge >= 0.3 is 5.69 Å². The van der Waals surface area contributed by atoms with Gasteiger partial charge in [0.2, 0.25) is 5.13 Å². The van der Waals surface area contributed by atoms with E-state index in [1.165, 1.54) is 22.4 Å². The lowest BCUT2D eigenvalue weighted by Crippen LogP contribution is -2.40. The minimum atomic E-state index is -0.531. The molecule has 9 N–H and O–H groups in total. The number of fused-ring (bicyclic) bond motifs is 1. The number of halogens is 2. The summed E-state index contributed by atoms with van der Waals surface area (Å²) in [6, 6.07) is 13.0. The molecule has 0 amide bonds. The molecule has 242 valence electrons. The van der Waals surface area contributed by atoms with Crippen molar-refractivity contribution in [3.63, 3.8) is 0 Å². The maximum atomic E-state index is 15.1. The van der Waals surface area contributed by atoms with E-state index in [4.69, 9.17) is 28.5 Å². The Hall–Kier alpha value is -4.37. The maximum absolute atomic E-state index is 15.1. The molecule has 12 nitrogen and oxygen atoms in total. The summed E-state index contributed by atoms with van der Waals surface area (Å²) in [7, 11) is 0. The van der Waals surface area contributed by atoms with Gasteiger partial charge in [-0.05, 0) is 74.1 Å². The van der Waals surface area contributed by atoms with Gasteiger partial charge in [-0.2, -0.15) is 9.36 Å². The van der Waals surface area contributed by atoms with E-state index in [0.717, 1.165) is 41.9 Å². The summed E-state index contributed by atoms with van der Waals surface area (Å²) in [4.78, 5) is 24.5. The molecule has 0 aliphatic heterocycles. The SMILES string of the molecule is C[C@H](N)CCCc1cc(Cl)c(F)c(-c2cc3cn(-c4ccc(CN[C@H](CCNC(=N)N)CNc5ncns5)cc4)c(=O)nc3[nH]2)c1. The molecule has 0 bridgehead atoms. The molecular weight excluding hydrogens is 629 g/mol. The van der Waals surface area contributed by atoms with Crippen LogP contribution in [0.3, 0.4) is 0 Å². The normalized spacial score (nSPS) is 12.7. The number of nitrogens with one attached hydrogen (secondary N) is 5. The van der Waals surface area contributed by atoms with E-state index >= 15 is 4.39 Å². The zero-order valence-electron chi connectivity index (χ0n) is 25.3. The first kappa shape index (κ1) is 33.0. The molecule has 5 aromatic rings. The second kappa shape index (κ2) is 15.3. The first-order valence-electron chi connectivity index (χ1n) is 14.9. The molecule has 3 heterocycles. The van der Waals surface area contributed by atoms with Crippen molar-refractivity contribution in [1.29, 1.82) is 5.41 Å². The molecule has 0 aliphatic carbocycles. The Morgan fingerprint density at radius 1 is 1.20 bits per heavy atom. The lowest BCUT2D eigenvalue weighted by molar-refractivity contribution is 0.494. The first-order chi connectivity index (χ1) is 22.2. The lowest BCUT2D eigenvalue weighted by atomic mass is 10.0. The summed E-state index contributed by atoms with van der Waals surface area (Å²) >= 11 is 7.54. The van der Waals surface area contributed by atoms with Crippen molar-refractivity contribution in [3.05, 3.63) is 87.4 Å². The van der Waals surface area contributed by atoms with E-state index in [-0.39, 0.29) is 23.1 Å². The standard InChI is InChI=1S/C31H37ClFN11OS/c1-18(34)3-2-4-20-11-24(27(33)25(32)12-20)26-13-21-16-44(31(45)43-28(21)42-26)23-7-5-19(6-8-23)14-38-22(9-10-37-29(35)36)15-39-30-40-17-41-46-30/h5-8,11-13,16-18,22,38H,2-4,9-10,14-15,34H2,1H3,(H4,35,36,37)(H,39,40,41)(H,42,43,45)/t18-,22+/m0/s1. The van der Waals surface area contributed by atoms with Crippen molar-refractivity contribution in [1.82, 2.24) is 34.5 Å². The van der Waals surface area contributed by atoms with Crippen LogP contribution < -0.4 is 33.1 Å². The number of aromatic amines is 1. The quantitative estimate of drug-likeness (QED) is 0.0637. The van der Waals surface area contributed by atoms with Crippen molar-refractivity contribution < 1.29 is 4.39 Å². The molecule has 0 saturated carbocycles. The molecule has 0 fully saturated rings. The van der Waals surface area contributed by atoms with Crippen molar-refractivity contribution >= 4 is 45.3 Å².